The predicted molar refractivity (Wildman–Crippen MR) is 192 cm³/mol. The Morgan fingerprint density at radius 1 is 0.447 bits per heavy atom. The van der Waals surface area contributed by atoms with Crippen molar-refractivity contribution in [3.63, 3.8) is 0 Å². The molecule has 4 heterocycles. The van der Waals surface area contributed by atoms with Gasteiger partial charge < -0.3 is 18.3 Å². The van der Waals surface area contributed by atoms with Gasteiger partial charge in [0.1, 0.15) is 17.9 Å². The minimum atomic E-state index is 0.500. The maximum absolute atomic E-state index is 6.88. The molecule has 11 rings (SSSR count). The summed E-state index contributed by atoms with van der Waals surface area (Å²) in [7, 11) is 0. The number of hydrogen-bond acceptors (Lipinski definition) is 2. The fraction of sp³-hybridized carbons (Fsp3) is 0.0233. The molecule has 10 aromatic rings. The van der Waals surface area contributed by atoms with Crippen molar-refractivity contribution in [1.29, 1.82) is 0 Å². The van der Waals surface area contributed by atoms with E-state index in [1.807, 2.05) is 12.1 Å². The molecule has 0 radical (unpaired) electrons. The molecular formula is C43H26N2O2. The molecule has 0 spiro atoms. The summed E-state index contributed by atoms with van der Waals surface area (Å²) in [5, 5.41) is 7.04. The Labute approximate surface area is 269 Å². The SMILES string of the molecule is c1ccc(-n2c3ccccc3c3c4c(ccc32)-c2ccc3c(c2OC4)c2ccccc2n3-c2cccc3c2oc2ccccc23)cc1. The van der Waals surface area contributed by atoms with Crippen LogP contribution in [0.25, 0.3) is 88.1 Å². The van der Waals surface area contributed by atoms with Crippen molar-refractivity contribution in [3.8, 4) is 28.3 Å². The molecule has 0 unspecified atom stereocenters. The normalized spacial score (nSPS) is 12.8. The summed E-state index contributed by atoms with van der Waals surface area (Å²) in [5.74, 6) is 0.938. The largest absolute Gasteiger partial charge is 0.487 e. The monoisotopic (exact) mass is 602 g/mol. The minimum absolute atomic E-state index is 0.500. The summed E-state index contributed by atoms with van der Waals surface area (Å²) < 4.78 is 18.1. The number of ether oxygens (including phenoxy) is 1. The van der Waals surface area contributed by atoms with Crippen molar-refractivity contribution in [1.82, 2.24) is 9.13 Å². The Kier molecular flexibility index (Phi) is 4.86. The van der Waals surface area contributed by atoms with Crippen LogP contribution in [0.1, 0.15) is 5.56 Å². The van der Waals surface area contributed by atoms with Crippen LogP contribution in [-0.2, 0) is 6.61 Å². The van der Waals surface area contributed by atoms with Gasteiger partial charge in [-0.05, 0) is 60.2 Å². The molecule has 0 saturated carbocycles. The minimum Gasteiger partial charge on any atom is -0.487 e. The molecule has 1 aliphatic heterocycles. The highest BCUT2D eigenvalue weighted by Crippen LogP contribution is 2.49. The molecule has 0 aliphatic carbocycles. The number of nitrogens with zero attached hydrogens (tertiary/aromatic N) is 2. The molecule has 0 saturated heterocycles. The van der Waals surface area contributed by atoms with E-state index in [1.54, 1.807) is 0 Å². The first kappa shape index (κ1) is 25.0. The van der Waals surface area contributed by atoms with Crippen molar-refractivity contribution in [3.05, 3.63) is 151 Å². The van der Waals surface area contributed by atoms with Crippen LogP contribution in [0.2, 0.25) is 0 Å². The highest BCUT2D eigenvalue weighted by atomic mass is 16.5. The fourth-order valence-electron chi connectivity index (χ4n) is 8.09. The van der Waals surface area contributed by atoms with E-state index in [1.165, 1.54) is 32.9 Å². The number of furan rings is 1. The van der Waals surface area contributed by atoms with Gasteiger partial charge >= 0.3 is 0 Å². The molecule has 0 atom stereocenters. The van der Waals surface area contributed by atoms with E-state index < -0.39 is 0 Å². The van der Waals surface area contributed by atoms with Gasteiger partial charge in [-0.15, -0.1) is 0 Å². The van der Waals surface area contributed by atoms with Gasteiger partial charge in [-0.25, -0.2) is 0 Å². The fourth-order valence-corrected chi connectivity index (χ4v) is 8.09. The molecule has 0 fully saturated rings. The van der Waals surface area contributed by atoms with E-state index in [-0.39, 0.29) is 0 Å². The number of benzene rings is 7. The highest BCUT2D eigenvalue weighted by molar-refractivity contribution is 6.18. The van der Waals surface area contributed by atoms with Crippen molar-refractivity contribution in [2.24, 2.45) is 0 Å². The average molecular weight is 603 g/mol. The molecule has 4 nitrogen and oxygen atoms in total. The second-order valence-electron chi connectivity index (χ2n) is 12.4. The third-order valence-corrected chi connectivity index (χ3v) is 10.0. The Morgan fingerprint density at radius 3 is 1.91 bits per heavy atom. The number of hydrogen-bond donors (Lipinski definition) is 0. The third kappa shape index (κ3) is 3.26. The molecule has 7 aromatic carbocycles. The van der Waals surface area contributed by atoms with Crippen LogP contribution in [0.15, 0.2) is 150 Å². The van der Waals surface area contributed by atoms with Gasteiger partial charge in [0.05, 0.1) is 33.1 Å². The highest BCUT2D eigenvalue weighted by Gasteiger charge is 2.28. The van der Waals surface area contributed by atoms with Gasteiger partial charge in [0, 0.05) is 43.7 Å². The quantitative estimate of drug-likeness (QED) is 0.197. The van der Waals surface area contributed by atoms with Crippen LogP contribution < -0.4 is 4.74 Å². The Bertz CT molecular complexity index is 2910. The maximum atomic E-state index is 6.88. The van der Waals surface area contributed by atoms with Crippen LogP contribution in [0, 0.1) is 0 Å². The molecule has 0 N–H and O–H groups in total. The van der Waals surface area contributed by atoms with Crippen LogP contribution >= 0.6 is 0 Å². The second kappa shape index (κ2) is 9.15. The zero-order valence-electron chi connectivity index (χ0n) is 25.3. The van der Waals surface area contributed by atoms with E-state index >= 15 is 0 Å². The third-order valence-electron chi connectivity index (χ3n) is 10.0. The maximum Gasteiger partial charge on any atom is 0.159 e. The lowest BCUT2D eigenvalue weighted by Gasteiger charge is -2.23. The van der Waals surface area contributed by atoms with E-state index in [9.17, 15) is 0 Å². The summed E-state index contributed by atoms with van der Waals surface area (Å²) in [6, 6.07) is 51.7. The number of fused-ring (bicyclic) bond motifs is 14. The van der Waals surface area contributed by atoms with Crippen molar-refractivity contribution in [2.45, 2.75) is 6.61 Å². The van der Waals surface area contributed by atoms with Crippen LogP contribution in [0.3, 0.4) is 0 Å². The van der Waals surface area contributed by atoms with E-state index in [0.717, 1.165) is 66.4 Å². The lowest BCUT2D eigenvalue weighted by molar-refractivity contribution is 0.308. The first-order chi connectivity index (χ1) is 23.3. The summed E-state index contributed by atoms with van der Waals surface area (Å²) in [6.07, 6.45) is 0. The van der Waals surface area contributed by atoms with Gasteiger partial charge in [-0.2, -0.15) is 0 Å². The van der Waals surface area contributed by atoms with Gasteiger partial charge in [0.25, 0.3) is 0 Å². The number of rotatable bonds is 2. The van der Waals surface area contributed by atoms with Crippen molar-refractivity contribution in [2.75, 3.05) is 0 Å². The zero-order valence-corrected chi connectivity index (χ0v) is 25.3. The smallest absolute Gasteiger partial charge is 0.159 e. The lowest BCUT2D eigenvalue weighted by atomic mass is 9.92. The van der Waals surface area contributed by atoms with Gasteiger partial charge in [-0.3, -0.25) is 0 Å². The molecular weight excluding hydrogens is 576 g/mol. The van der Waals surface area contributed by atoms with Gasteiger partial charge in [-0.1, -0.05) is 91.0 Å². The molecule has 0 amide bonds. The average Bonchev–Trinajstić information content (AvgIpc) is 3.80. The molecule has 220 valence electrons. The molecule has 47 heavy (non-hydrogen) atoms. The first-order valence-electron chi connectivity index (χ1n) is 16.1. The van der Waals surface area contributed by atoms with Crippen LogP contribution in [0.4, 0.5) is 0 Å². The Morgan fingerprint density at radius 2 is 1.09 bits per heavy atom. The topological polar surface area (TPSA) is 32.2 Å². The molecule has 3 aromatic heterocycles. The van der Waals surface area contributed by atoms with E-state index in [2.05, 4.69) is 143 Å². The summed E-state index contributed by atoms with van der Waals surface area (Å²) >= 11 is 0. The number of aromatic nitrogens is 2. The lowest BCUT2D eigenvalue weighted by Crippen LogP contribution is -2.07. The number of para-hydroxylation sites is 5. The molecule has 4 heteroatoms. The molecule has 1 aliphatic rings. The standard InChI is InChI=1S/C43H26N2O2/c1-2-11-26(12-3-1)44-34-17-7-4-14-31(34)40-33-25-46-43-30(27(33)21-23-36(40)44)22-24-37-41(43)32-15-5-8-18-35(32)45(37)38-19-10-16-29-28-13-6-9-20-39(28)47-42(29)38/h1-24H,25H2. The van der Waals surface area contributed by atoms with Crippen molar-refractivity contribution >= 4 is 65.6 Å². The van der Waals surface area contributed by atoms with Crippen LogP contribution in [-0.4, -0.2) is 9.13 Å². The summed E-state index contributed by atoms with van der Waals surface area (Å²) in [5.41, 5.74) is 12.2. The van der Waals surface area contributed by atoms with Gasteiger partial charge in [0.15, 0.2) is 5.58 Å². The Hall–Kier alpha value is -6.26. The zero-order chi connectivity index (χ0) is 30.6. The van der Waals surface area contributed by atoms with Crippen LogP contribution in [0.5, 0.6) is 5.75 Å². The van der Waals surface area contributed by atoms with E-state index in [0.29, 0.717) is 6.61 Å². The van der Waals surface area contributed by atoms with E-state index in [4.69, 9.17) is 9.15 Å². The summed E-state index contributed by atoms with van der Waals surface area (Å²) in [4.78, 5) is 0. The van der Waals surface area contributed by atoms with Crippen molar-refractivity contribution < 1.29 is 9.15 Å². The molecule has 0 bridgehead atoms. The first-order valence-corrected chi connectivity index (χ1v) is 16.1. The second-order valence-corrected chi connectivity index (χ2v) is 12.4. The summed E-state index contributed by atoms with van der Waals surface area (Å²) in [6.45, 7) is 0.500. The Balaban J connectivity index is 1.20. The van der Waals surface area contributed by atoms with Gasteiger partial charge in [0.2, 0.25) is 0 Å². The predicted octanol–water partition coefficient (Wildman–Crippen LogP) is 11.3.